The van der Waals surface area contributed by atoms with Gasteiger partial charge in [0.25, 0.3) is 0 Å². The van der Waals surface area contributed by atoms with Crippen molar-refractivity contribution in [3.05, 3.63) is 47.5 Å². The topological polar surface area (TPSA) is 34.1 Å². The number of carbonyl (C=O) groups is 2. The van der Waals surface area contributed by atoms with Gasteiger partial charge in [-0.2, -0.15) is 0 Å². The highest BCUT2D eigenvalue weighted by Gasteiger charge is 1.96. The molecule has 0 aromatic heterocycles. The van der Waals surface area contributed by atoms with Crippen molar-refractivity contribution in [2.24, 2.45) is 0 Å². The van der Waals surface area contributed by atoms with Crippen LogP contribution in [0.4, 0.5) is 0 Å². The first kappa shape index (κ1) is 12.7. The molecule has 0 fully saturated rings. The lowest BCUT2D eigenvalue weighted by Crippen LogP contribution is -1.83. The Hall–Kier alpha value is -1.38. The average molecular weight is 255 g/mol. The summed E-state index contributed by atoms with van der Waals surface area (Å²) in [5, 5.41) is -1.10. The molecule has 1 aromatic rings. The maximum absolute atomic E-state index is 10.6. The molecule has 82 valence electrons. The fourth-order valence-electron chi connectivity index (χ4n) is 1.13. The van der Waals surface area contributed by atoms with E-state index < -0.39 is 10.5 Å². The molecular formula is C12H8Cl2O2. The van der Waals surface area contributed by atoms with E-state index in [1.54, 1.807) is 24.3 Å². The van der Waals surface area contributed by atoms with Gasteiger partial charge in [-0.3, -0.25) is 9.59 Å². The summed E-state index contributed by atoms with van der Waals surface area (Å²) in [6.07, 6.45) is 5.65. The van der Waals surface area contributed by atoms with Crippen molar-refractivity contribution < 1.29 is 9.59 Å². The van der Waals surface area contributed by atoms with Gasteiger partial charge in [0.2, 0.25) is 10.5 Å². The Kier molecular flexibility index (Phi) is 4.96. The van der Waals surface area contributed by atoms with Crippen LogP contribution in [0.2, 0.25) is 0 Å². The summed E-state index contributed by atoms with van der Waals surface area (Å²) in [6, 6.07) is 7.24. The van der Waals surface area contributed by atoms with E-state index in [4.69, 9.17) is 23.2 Å². The van der Waals surface area contributed by atoms with Gasteiger partial charge in [0, 0.05) is 0 Å². The van der Waals surface area contributed by atoms with E-state index in [1.165, 1.54) is 12.2 Å². The third kappa shape index (κ3) is 4.43. The molecule has 0 radical (unpaired) electrons. The molecule has 0 heterocycles. The van der Waals surface area contributed by atoms with Crippen molar-refractivity contribution in [1.29, 1.82) is 0 Å². The van der Waals surface area contributed by atoms with Crippen molar-refractivity contribution in [2.45, 2.75) is 0 Å². The monoisotopic (exact) mass is 254 g/mol. The van der Waals surface area contributed by atoms with Crippen molar-refractivity contribution >= 4 is 45.8 Å². The summed E-state index contributed by atoms with van der Waals surface area (Å²) in [5.41, 5.74) is 1.57. The molecule has 0 saturated heterocycles. The summed E-state index contributed by atoms with van der Waals surface area (Å²) in [5.74, 6) is 0. The molecule has 0 amide bonds. The second-order valence-corrected chi connectivity index (χ2v) is 3.65. The van der Waals surface area contributed by atoms with E-state index >= 15 is 0 Å². The number of carbonyl (C=O) groups excluding carboxylic acids is 2. The Labute approximate surface area is 103 Å². The molecule has 4 heteroatoms. The van der Waals surface area contributed by atoms with Gasteiger partial charge >= 0.3 is 0 Å². The second kappa shape index (κ2) is 6.26. The first-order chi connectivity index (χ1) is 7.59. The number of halogens is 2. The number of rotatable bonds is 4. The zero-order valence-corrected chi connectivity index (χ0v) is 9.70. The van der Waals surface area contributed by atoms with Crippen LogP contribution in [-0.4, -0.2) is 10.5 Å². The van der Waals surface area contributed by atoms with Crippen molar-refractivity contribution in [2.75, 3.05) is 0 Å². The van der Waals surface area contributed by atoms with Crippen LogP contribution in [0, 0.1) is 0 Å². The van der Waals surface area contributed by atoms with Gasteiger partial charge in [-0.25, -0.2) is 0 Å². The molecule has 1 aromatic carbocycles. The van der Waals surface area contributed by atoms with Gasteiger partial charge in [-0.05, 0) is 58.6 Å². The Morgan fingerprint density at radius 1 is 0.875 bits per heavy atom. The zero-order valence-electron chi connectivity index (χ0n) is 8.19. The molecule has 0 N–H and O–H groups in total. The van der Waals surface area contributed by atoms with Crippen LogP contribution in [0.1, 0.15) is 11.1 Å². The van der Waals surface area contributed by atoms with Gasteiger partial charge in [0.05, 0.1) is 0 Å². The van der Waals surface area contributed by atoms with Crippen LogP contribution < -0.4 is 0 Å². The fraction of sp³-hybridized carbons (Fsp3) is 0. The highest BCUT2D eigenvalue weighted by molar-refractivity contribution is 6.67. The Bertz CT molecular complexity index is 419. The SMILES string of the molecule is O=C(Cl)C=Cc1ccccc1C=CC(=O)Cl. The van der Waals surface area contributed by atoms with Gasteiger partial charge < -0.3 is 0 Å². The smallest absolute Gasteiger partial charge is 0.245 e. The summed E-state index contributed by atoms with van der Waals surface area (Å²) in [6.45, 7) is 0. The highest BCUT2D eigenvalue weighted by Crippen LogP contribution is 2.13. The van der Waals surface area contributed by atoms with Crippen molar-refractivity contribution in [3.8, 4) is 0 Å². The minimum absolute atomic E-state index is 0.549. The molecule has 0 aliphatic rings. The van der Waals surface area contributed by atoms with E-state index in [-0.39, 0.29) is 0 Å². The summed E-state index contributed by atoms with van der Waals surface area (Å²) < 4.78 is 0. The molecule has 0 aliphatic carbocycles. The molecule has 0 bridgehead atoms. The first-order valence-electron chi connectivity index (χ1n) is 4.43. The third-order valence-corrected chi connectivity index (χ3v) is 2.04. The molecule has 1 rings (SSSR count). The van der Waals surface area contributed by atoms with Crippen LogP contribution in [0.25, 0.3) is 12.2 Å². The molecule has 0 unspecified atom stereocenters. The predicted molar refractivity (Wildman–Crippen MR) is 66.2 cm³/mol. The number of hydrogen-bond acceptors (Lipinski definition) is 2. The minimum Gasteiger partial charge on any atom is -0.276 e. The summed E-state index contributed by atoms with van der Waals surface area (Å²) in [7, 11) is 0. The van der Waals surface area contributed by atoms with Crippen LogP contribution >= 0.6 is 23.2 Å². The quantitative estimate of drug-likeness (QED) is 0.611. The normalized spacial score (nSPS) is 11.1. The molecule has 2 nitrogen and oxygen atoms in total. The molecule has 0 aliphatic heterocycles. The third-order valence-electron chi connectivity index (χ3n) is 1.78. The van der Waals surface area contributed by atoms with E-state index in [0.29, 0.717) is 0 Å². The van der Waals surface area contributed by atoms with E-state index in [0.717, 1.165) is 11.1 Å². The largest absolute Gasteiger partial charge is 0.276 e. The Morgan fingerprint density at radius 3 is 1.56 bits per heavy atom. The van der Waals surface area contributed by atoms with Crippen LogP contribution in [-0.2, 0) is 9.59 Å². The van der Waals surface area contributed by atoms with Gasteiger partial charge in [0.15, 0.2) is 0 Å². The van der Waals surface area contributed by atoms with E-state index in [9.17, 15) is 9.59 Å². The van der Waals surface area contributed by atoms with Gasteiger partial charge in [0.1, 0.15) is 0 Å². The van der Waals surface area contributed by atoms with Gasteiger partial charge in [-0.15, -0.1) is 0 Å². The molecule has 0 spiro atoms. The molecule has 0 saturated carbocycles. The Balaban J connectivity index is 3.00. The summed E-state index contributed by atoms with van der Waals surface area (Å²) in [4.78, 5) is 21.2. The molecular weight excluding hydrogens is 247 g/mol. The van der Waals surface area contributed by atoms with E-state index in [2.05, 4.69) is 0 Å². The van der Waals surface area contributed by atoms with Crippen LogP contribution in [0.3, 0.4) is 0 Å². The number of allylic oxidation sites excluding steroid dienone is 2. The molecule has 16 heavy (non-hydrogen) atoms. The lowest BCUT2D eigenvalue weighted by Gasteiger charge is -1.98. The zero-order chi connectivity index (χ0) is 12.0. The number of hydrogen-bond donors (Lipinski definition) is 0. The van der Waals surface area contributed by atoms with Crippen molar-refractivity contribution in [1.82, 2.24) is 0 Å². The van der Waals surface area contributed by atoms with Crippen molar-refractivity contribution in [3.63, 3.8) is 0 Å². The Morgan fingerprint density at radius 2 is 1.25 bits per heavy atom. The standard InChI is InChI=1S/C12H8Cl2O2/c13-11(15)7-5-9-3-1-2-4-10(9)6-8-12(14)16/h1-8H. The molecule has 0 atom stereocenters. The van der Waals surface area contributed by atoms with E-state index in [1.807, 2.05) is 12.1 Å². The number of benzene rings is 1. The summed E-state index contributed by atoms with van der Waals surface area (Å²) >= 11 is 10.4. The lowest BCUT2D eigenvalue weighted by molar-refractivity contribution is -0.108. The van der Waals surface area contributed by atoms with Gasteiger partial charge in [-0.1, -0.05) is 24.3 Å². The maximum Gasteiger partial charge on any atom is 0.245 e. The fourth-order valence-corrected chi connectivity index (χ4v) is 1.25. The lowest BCUT2D eigenvalue weighted by atomic mass is 10.1. The highest BCUT2D eigenvalue weighted by atomic mass is 35.5. The minimum atomic E-state index is -0.549. The van der Waals surface area contributed by atoms with Crippen LogP contribution in [0.5, 0.6) is 0 Å². The maximum atomic E-state index is 10.6. The average Bonchev–Trinajstić information content (AvgIpc) is 2.24. The van der Waals surface area contributed by atoms with Crippen LogP contribution in [0.15, 0.2) is 36.4 Å². The first-order valence-corrected chi connectivity index (χ1v) is 5.19. The predicted octanol–water partition coefficient (Wildman–Crippen LogP) is 3.24. The second-order valence-electron chi connectivity index (χ2n) is 2.90.